The van der Waals surface area contributed by atoms with Gasteiger partial charge in [-0.2, -0.15) is 0 Å². The van der Waals surface area contributed by atoms with E-state index in [9.17, 15) is 0 Å². The van der Waals surface area contributed by atoms with E-state index >= 15 is 0 Å². The third kappa shape index (κ3) is 2.63. The molecule has 0 saturated carbocycles. The highest BCUT2D eigenvalue weighted by atomic mass is 32.1. The molecule has 1 unspecified atom stereocenters. The van der Waals surface area contributed by atoms with E-state index in [1.165, 1.54) is 0 Å². The summed E-state index contributed by atoms with van der Waals surface area (Å²) in [6, 6.07) is -0.183. The highest BCUT2D eigenvalue weighted by Gasteiger charge is 2.29. The van der Waals surface area contributed by atoms with Gasteiger partial charge >= 0.3 is 0 Å². The van der Waals surface area contributed by atoms with Crippen LogP contribution in [0.5, 0.6) is 0 Å². The van der Waals surface area contributed by atoms with Crippen LogP contribution < -0.4 is 5.32 Å². The van der Waals surface area contributed by atoms with E-state index in [4.69, 9.17) is 16.6 Å². The highest BCUT2D eigenvalue weighted by molar-refractivity contribution is 7.80. The van der Waals surface area contributed by atoms with Crippen molar-refractivity contribution in [3.63, 3.8) is 0 Å². The number of hydrogen-bond acceptors (Lipinski definition) is 6. The maximum absolute atomic E-state index is 5.63. The number of thiocarbonyl (C=S) groups is 1. The fourth-order valence-electron chi connectivity index (χ4n) is 2.58. The van der Waals surface area contributed by atoms with Gasteiger partial charge in [0.15, 0.2) is 11.7 Å². The van der Waals surface area contributed by atoms with Gasteiger partial charge in [0, 0.05) is 11.3 Å². The minimum Gasteiger partial charge on any atom is -0.449 e. The van der Waals surface area contributed by atoms with Crippen LogP contribution in [0.3, 0.4) is 0 Å². The molecule has 0 radical (unpaired) electrons. The van der Waals surface area contributed by atoms with E-state index in [1.54, 1.807) is 18.5 Å². The summed E-state index contributed by atoms with van der Waals surface area (Å²) in [6.07, 6.45) is 5.40. The maximum Gasteiger partial charge on any atom is 0.196 e. The molecule has 2 aromatic heterocycles. The van der Waals surface area contributed by atoms with Gasteiger partial charge in [-0.3, -0.25) is 4.57 Å². The summed E-state index contributed by atoms with van der Waals surface area (Å²) in [5, 5.41) is 11.9. The van der Waals surface area contributed by atoms with Crippen LogP contribution in [-0.2, 0) is 6.42 Å². The van der Waals surface area contributed by atoms with Gasteiger partial charge in [-0.05, 0) is 19.4 Å². The number of nitrogens with one attached hydrogen (secondary N) is 1. The Balaban J connectivity index is 2.11. The summed E-state index contributed by atoms with van der Waals surface area (Å²) in [5.41, 5.74) is 2.54. The highest BCUT2D eigenvalue weighted by Crippen LogP contribution is 2.27. The molecule has 0 saturated heterocycles. The fourth-order valence-corrected chi connectivity index (χ4v) is 2.91. The molecule has 0 amide bonds. The molecule has 0 aliphatic carbocycles. The van der Waals surface area contributed by atoms with Crippen molar-refractivity contribution in [2.45, 2.75) is 26.3 Å². The van der Waals surface area contributed by atoms with Crippen LogP contribution in [0.2, 0.25) is 0 Å². The first-order valence-electron chi connectivity index (χ1n) is 7.17. The van der Waals surface area contributed by atoms with Crippen molar-refractivity contribution in [3.05, 3.63) is 66.1 Å². The van der Waals surface area contributed by atoms with Crippen LogP contribution in [0.25, 0.3) is 0 Å². The molecule has 1 aliphatic rings. The summed E-state index contributed by atoms with van der Waals surface area (Å²) in [4.78, 5) is 4.85. The lowest BCUT2D eigenvalue weighted by atomic mass is 10.1. The lowest BCUT2D eigenvalue weighted by molar-refractivity contribution is 0.445. The zero-order chi connectivity index (χ0) is 16.6. The summed E-state index contributed by atoms with van der Waals surface area (Å²) in [5.74, 6) is 2.09. The van der Waals surface area contributed by atoms with Crippen molar-refractivity contribution in [3.8, 4) is 0 Å². The molecule has 1 N–H and O–H groups in total. The molecule has 23 heavy (non-hydrogen) atoms. The van der Waals surface area contributed by atoms with Crippen molar-refractivity contribution in [2.75, 3.05) is 0 Å². The van der Waals surface area contributed by atoms with E-state index in [1.807, 2.05) is 18.4 Å². The largest absolute Gasteiger partial charge is 0.449 e. The Kier molecular flexibility index (Phi) is 3.96. The van der Waals surface area contributed by atoms with Crippen molar-refractivity contribution in [1.82, 2.24) is 25.1 Å². The maximum atomic E-state index is 5.63. The average molecular weight is 327 g/mol. The molecule has 0 fully saturated rings. The number of fused-ring (bicyclic) bond motifs is 1. The SMILES string of the molecule is C=CC(=C)C1=C(C)C(=S)n2c(C)nnc2C(Cc2ncco2)N1. The molecule has 6 nitrogen and oxygen atoms in total. The molecule has 1 atom stereocenters. The molecule has 118 valence electrons. The van der Waals surface area contributed by atoms with Crippen molar-refractivity contribution in [1.29, 1.82) is 0 Å². The second-order valence-corrected chi connectivity index (χ2v) is 5.69. The van der Waals surface area contributed by atoms with E-state index in [0.29, 0.717) is 17.3 Å². The molecule has 0 aromatic carbocycles. The Bertz CT molecular complexity index is 816. The normalized spacial score (nSPS) is 17.5. The first kappa shape index (κ1) is 15.4. The first-order chi connectivity index (χ1) is 11.0. The van der Waals surface area contributed by atoms with Gasteiger partial charge in [0.05, 0.1) is 18.7 Å². The fraction of sp³-hybridized carbons (Fsp3) is 0.250. The van der Waals surface area contributed by atoms with Crippen LogP contribution in [0.4, 0.5) is 0 Å². The van der Waals surface area contributed by atoms with Gasteiger partial charge in [-0.15, -0.1) is 10.2 Å². The predicted octanol–water partition coefficient (Wildman–Crippen LogP) is 2.65. The minimum absolute atomic E-state index is 0.183. The molecule has 0 spiro atoms. The van der Waals surface area contributed by atoms with Gasteiger partial charge in [0.2, 0.25) is 0 Å². The third-order valence-electron chi connectivity index (χ3n) is 3.81. The van der Waals surface area contributed by atoms with Crippen molar-refractivity contribution in [2.24, 2.45) is 0 Å². The number of nitrogens with zero attached hydrogens (tertiary/aromatic N) is 4. The quantitative estimate of drug-likeness (QED) is 0.688. The van der Waals surface area contributed by atoms with Crippen LogP contribution in [-0.4, -0.2) is 24.7 Å². The van der Waals surface area contributed by atoms with Crippen LogP contribution in [0.1, 0.15) is 30.5 Å². The number of aromatic nitrogens is 4. The molecule has 3 rings (SSSR count). The predicted molar refractivity (Wildman–Crippen MR) is 90.9 cm³/mol. The van der Waals surface area contributed by atoms with E-state index < -0.39 is 0 Å². The number of hydrogen-bond donors (Lipinski definition) is 1. The van der Waals surface area contributed by atoms with Gasteiger partial charge in [-0.1, -0.05) is 31.5 Å². The Morgan fingerprint density at radius 3 is 2.91 bits per heavy atom. The Labute approximate surface area is 139 Å². The molecular weight excluding hydrogens is 310 g/mol. The smallest absolute Gasteiger partial charge is 0.196 e. The third-order valence-corrected chi connectivity index (χ3v) is 4.30. The molecular formula is C16H17N5OS. The Morgan fingerprint density at radius 1 is 1.48 bits per heavy atom. The minimum atomic E-state index is -0.183. The van der Waals surface area contributed by atoms with E-state index in [-0.39, 0.29) is 6.04 Å². The number of allylic oxidation sites excluding steroid dienone is 2. The second kappa shape index (κ2) is 5.92. The summed E-state index contributed by atoms with van der Waals surface area (Å²) >= 11 is 5.63. The van der Waals surface area contributed by atoms with Crippen molar-refractivity contribution >= 4 is 17.2 Å². The lowest BCUT2D eigenvalue weighted by Gasteiger charge is -2.18. The summed E-state index contributed by atoms with van der Waals surface area (Å²) in [6.45, 7) is 11.7. The van der Waals surface area contributed by atoms with Crippen LogP contribution in [0.15, 0.2) is 53.0 Å². The van der Waals surface area contributed by atoms with E-state index in [2.05, 4.69) is 33.7 Å². The Morgan fingerprint density at radius 2 is 2.26 bits per heavy atom. The first-order valence-corrected chi connectivity index (χ1v) is 7.58. The second-order valence-electron chi connectivity index (χ2n) is 5.30. The van der Waals surface area contributed by atoms with Crippen LogP contribution in [0, 0.1) is 6.92 Å². The molecule has 2 aromatic rings. The monoisotopic (exact) mass is 327 g/mol. The lowest BCUT2D eigenvalue weighted by Crippen LogP contribution is -2.25. The van der Waals surface area contributed by atoms with E-state index in [0.717, 1.165) is 28.5 Å². The number of oxazole rings is 1. The van der Waals surface area contributed by atoms with Gasteiger partial charge in [-0.25, -0.2) is 4.98 Å². The van der Waals surface area contributed by atoms with Gasteiger partial charge in [0.1, 0.15) is 17.1 Å². The van der Waals surface area contributed by atoms with Crippen LogP contribution >= 0.6 is 12.2 Å². The van der Waals surface area contributed by atoms with Crippen molar-refractivity contribution < 1.29 is 4.42 Å². The molecule has 0 bridgehead atoms. The number of aryl methyl sites for hydroxylation is 1. The molecule has 7 heteroatoms. The van der Waals surface area contributed by atoms with Gasteiger partial charge < -0.3 is 9.73 Å². The zero-order valence-corrected chi connectivity index (χ0v) is 13.9. The standard InChI is InChI=1S/C16H17N5OS/c1-5-9(2)14-10(3)16(23)21-11(4)19-20-15(21)12(18-14)8-13-17-6-7-22-13/h5-7,12,18H,1-2,8H2,3-4H3. The Hall–Kier alpha value is -2.54. The topological polar surface area (TPSA) is 68.8 Å². The number of rotatable bonds is 4. The molecule has 1 aliphatic heterocycles. The van der Waals surface area contributed by atoms with Gasteiger partial charge in [0.25, 0.3) is 0 Å². The summed E-state index contributed by atoms with van der Waals surface area (Å²) in [7, 11) is 0. The molecule has 3 heterocycles. The summed E-state index contributed by atoms with van der Waals surface area (Å²) < 4.78 is 7.26. The average Bonchev–Trinajstić information content (AvgIpc) is 3.16. The zero-order valence-electron chi connectivity index (χ0n) is 13.0.